The van der Waals surface area contributed by atoms with Crippen molar-refractivity contribution in [1.29, 1.82) is 0 Å². The van der Waals surface area contributed by atoms with Crippen molar-refractivity contribution in [2.45, 2.75) is 19.3 Å². The SMILES string of the molecule is C=CCc1cc(OC)cc(OC)c1.CN=CCC/C=C/C(=O)c1cccc(F)c1. The second kappa shape index (κ2) is 13.9. The molecule has 0 bridgehead atoms. The largest absolute Gasteiger partial charge is 0.497 e. The van der Waals surface area contributed by atoms with Crippen LogP contribution >= 0.6 is 0 Å². The molecule has 154 valence electrons. The van der Waals surface area contributed by atoms with Crippen LogP contribution in [0.15, 0.2) is 72.3 Å². The maximum atomic E-state index is 12.8. The Balaban J connectivity index is 0.000000296. The highest BCUT2D eigenvalue weighted by molar-refractivity contribution is 6.04. The Bertz CT molecular complexity index is 822. The van der Waals surface area contributed by atoms with Crippen LogP contribution in [-0.2, 0) is 6.42 Å². The van der Waals surface area contributed by atoms with Gasteiger partial charge in [0.15, 0.2) is 5.78 Å². The van der Waals surface area contributed by atoms with Crippen LogP contribution in [0, 0.1) is 5.82 Å². The van der Waals surface area contributed by atoms with Gasteiger partial charge in [-0.3, -0.25) is 4.79 Å². The number of aliphatic imine (C=N–C) groups is 1. The van der Waals surface area contributed by atoms with Crippen LogP contribution in [0.1, 0.15) is 28.8 Å². The van der Waals surface area contributed by atoms with Crippen molar-refractivity contribution >= 4 is 12.0 Å². The molecule has 0 aliphatic carbocycles. The molecule has 0 spiro atoms. The fourth-order valence-electron chi connectivity index (χ4n) is 2.38. The molecule has 0 aromatic heterocycles. The molecule has 5 heteroatoms. The molecule has 29 heavy (non-hydrogen) atoms. The maximum absolute atomic E-state index is 12.8. The Morgan fingerprint density at radius 1 is 1.10 bits per heavy atom. The predicted molar refractivity (Wildman–Crippen MR) is 117 cm³/mol. The number of hydrogen-bond acceptors (Lipinski definition) is 4. The number of rotatable bonds is 9. The minimum atomic E-state index is -0.391. The molecule has 0 amide bonds. The van der Waals surface area contributed by atoms with E-state index in [-0.39, 0.29) is 5.78 Å². The minimum absolute atomic E-state index is 0.173. The average Bonchev–Trinajstić information content (AvgIpc) is 2.73. The monoisotopic (exact) mass is 397 g/mol. The van der Waals surface area contributed by atoms with Crippen LogP contribution in [0.3, 0.4) is 0 Å². The number of benzene rings is 2. The van der Waals surface area contributed by atoms with Crippen LogP contribution in [0.25, 0.3) is 0 Å². The molecule has 2 aromatic carbocycles. The van der Waals surface area contributed by atoms with E-state index in [2.05, 4.69) is 11.6 Å². The first-order chi connectivity index (χ1) is 14.0. The molecule has 0 N–H and O–H groups in total. The van der Waals surface area contributed by atoms with E-state index in [0.29, 0.717) is 5.56 Å². The second-order valence-corrected chi connectivity index (χ2v) is 6.01. The normalized spacial score (nSPS) is 10.5. The van der Waals surface area contributed by atoms with Gasteiger partial charge in [0.25, 0.3) is 0 Å². The standard InChI is InChI=1S/C13H14FNO.C11H14O2/c1-15-9-4-2-3-8-13(16)11-6-5-7-12(14)10-11;1-4-5-9-6-10(12-2)8-11(7-9)13-3/h3,5-10H,2,4H2,1H3;4,6-8H,1,5H2,2-3H3/b8-3+,15-9?;. The smallest absolute Gasteiger partial charge is 0.185 e. The van der Waals surface area contributed by atoms with Crippen molar-refractivity contribution in [3.63, 3.8) is 0 Å². The highest BCUT2D eigenvalue weighted by atomic mass is 19.1. The first-order valence-corrected chi connectivity index (χ1v) is 9.24. The first kappa shape index (κ1) is 23.8. The summed E-state index contributed by atoms with van der Waals surface area (Å²) >= 11 is 0. The molecule has 0 heterocycles. The molecule has 0 unspecified atom stereocenters. The number of halogens is 1. The highest BCUT2D eigenvalue weighted by Crippen LogP contribution is 2.22. The van der Waals surface area contributed by atoms with Gasteiger partial charge in [0.05, 0.1) is 14.2 Å². The van der Waals surface area contributed by atoms with Crippen molar-refractivity contribution in [2.75, 3.05) is 21.3 Å². The molecule has 0 radical (unpaired) electrons. The zero-order chi connectivity index (χ0) is 21.5. The molecule has 0 saturated heterocycles. The van der Waals surface area contributed by atoms with Crippen LogP contribution in [0.5, 0.6) is 11.5 Å². The third-order valence-corrected chi connectivity index (χ3v) is 3.81. The second-order valence-electron chi connectivity index (χ2n) is 6.01. The van der Waals surface area contributed by atoms with Crippen LogP contribution in [0.2, 0.25) is 0 Å². The number of nitrogens with zero attached hydrogens (tertiary/aromatic N) is 1. The summed E-state index contributed by atoms with van der Waals surface area (Å²) in [7, 11) is 5.00. The quantitative estimate of drug-likeness (QED) is 0.185. The van der Waals surface area contributed by atoms with Gasteiger partial charge in [-0.1, -0.05) is 24.3 Å². The van der Waals surface area contributed by atoms with Gasteiger partial charge in [0, 0.05) is 18.7 Å². The van der Waals surface area contributed by atoms with Crippen molar-refractivity contribution in [1.82, 2.24) is 0 Å². The Labute approximate surface area is 172 Å². The fraction of sp³-hybridized carbons (Fsp3) is 0.250. The van der Waals surface area contributed by atoms with Gasteiger partial charge >= 0.3 is 0 Å². The average molecular weight is 397 g/mol. The van der Waals surface area contributed by atoms with Gasteiger partial charge in [-0.2, -0.15) is 0 Å². The van der Waals surface area contributed by atoms with E-state index < -0.39 is 5.82 Å². The molecular weight excluding hydrogens is 369 g/mol. The van der Waals surface area contributed by atoms with Gasteiger partial charge < -0.3 is 14.5 Å². The lowest BCUT2D eigenvalue weighted by Crippen LogP contribution is -1.94. The lowest BCUT2D eigenvalue weighted by atomic mass is 10.1. The summed E-state index contributed by atoms with van der Waals surface area (Å²) in [6, 6.07) is 11.5. The molecule has 2 rings (SSSR count). The first-order valence-electron chi connectivity index (χ1n) is 9.24. The summed E-state index contributed by atoms with van der Waals surface area (Å²) in [4.78, 5) is 15.4. The van der Waals surface area contributed by atoms with Gasteiger partial charge in [0.1, 0.15) is 17.3 Å². The summed E-state index contributed by atoms with van der Waals surface area (Å²) in [5, 5.41) is 0. The number of ether oxygens (including phenoxy) is 2. The van der Waals surface area contributed by atoms with Gasteiger partial charge in [-0.05, 0) is 61.4 Å². The molecule has 0 aliphatic rings. The van der Waals surface area contributed by atoms with Crippen molar-refractivity contribution in [3.8, 4) is 11.5 Å². The summed E-state index contributed by atoms with van der Waals surface area (Å²) in [6.07, 6.45) is 9.29. The molecule has 0 fully saturated rings. The van der Waals surface area contributed by atoms with Gasteiger partial charge in [-0.25, -0.2) is 4.39 Å². The Morgan fingerprint density at radius 2 is 1.79 bits per heavy atom. The maximum Gasteiger partial charge on any atom is 0.185 e. The van der Waals surface area contributed by atoms with Crippen molar-refractivity contribution < 1.29 is 18.7 Å². The van der Waals surface area contributed by atoms with E-state index in [0.717, 1.165) is 36.3 Å². The van der Waals surface area contributed by atoms with E-state index in [1.54, 1.807) is 39.6 Å². The summed E-state index contributed by atoms with van der Waals surface area (Å²) in [5.74, 6) is 1.07. The van der Waals surface area contributed by atoms with E-state index >= 15 is 0 Å². The third-order valence-electron chi connectivity index (χ3n) is 3.81. The fourth-order valence-corrected chi connectivity index (χ4v) is 2.38. The summed E-state index contributed by atoms with van der Waals surface area (Å²) < 4.78 is 23.1. The minimum Gasteiger partial charge on any atom is -0.497 e. The lowest BCUT2D eigenvalue weighted by Gasteiger charge is -2.06. The molecule has 2 aromatic rings. The molecule has 0 saturated carbocycles. The third kappa shape index (κ3) is 9.51. The van der Waals surface area contributed by atoms with E-state index in [1.165, 1.54) is 24.3 Å². The van der Waals surface area contributed by atoms with E-state index in [9.17, 15) is 9.18 Å². The lowest BCUT2D eigenvalue weighted by molar-refractivity contribution is 0.104. The predicted octanol–water partition coefficient (Wildman–Crippen LogP) is 5.48. The zero-order valence-corrected chi connectivity index (χ0v) is 17.2. The molecular formula is C24H28FNO3. The summed E-state index contributed by atoms with van der Waals surface area (Å²) in [5.41, 5.74) is 1.52. The number of hydrogen-bond donors (Lipinski definition) is 0. The van der Waals surface area contributed by atoms with Crippen LogP contribution < -0.4 is 9.47 Å². The Hall–Kier alpha value is -3.21. The van der Waals surface area contributed by atoms with Crippen molar-refractivity contribution in [2.24, 2.45) is 4.99 Å². The van der Waals surface area contributed by atoms with Gasteiger partial charge in [0.2, 0.25) is 0 Å². The topological polar surface area (TPSA) is 47.9 Å². The Kier molecular flexibility index (Phi) is 11.4. The van der Waals surface area contributed by atoms with Crippen LogP contribution in [0.4, 0.5) is 4.39 Å². The molecule has 0 atom stereocenters. The number of allylic oxidation sites excluding steroid dienone is 3. The summed E-state index contributed by atoms with van der Waals surface area (Å²) in [6.45, 7) is 3.69. The number of carbonyl (C=O) groups is 1. The van der Waals surface area contributed by atoms with Crippen LogP contribution in [-0.4, -0.2) is 33.3 Å². The number of methoxy groups -OCH3 is 2. The van der Waals surface area contributed by atoms with E-state index in [4.69, 9.17) is 9.47 Å². The highest BCUT2D eigenvalue weighted by Gasteiger charge is 2.01. The molecule has 4 nitrogen and oxygen atoms in total. The number of unbranched alkanes of at least 4 members (excludes halogenated alkanes) is 1. The van der Waals surface area contributed by atoms with E-state index in [1.807, 2.05) is 24.3 Å². The zero-order valence-electron chi connectivity index (χ0n) is 17.2. The molecule has 0 aliphatic heterocycles. The Morgan fingerprint density at radius 3 is 2.34 bits per heavy atom. The van der Waals surface area contributed by atoms with Gasteiger partial charge in [-0.15, -0.1) is 6.58 Å². The van der Waals surface area contributed by atoms with Crippen molar-refractivity contribution in [3.05, 3.63) is 84.2 Å². The number of ketones is 1. The number of carbonyl (C=O) groups excluding carboxylic acids is 1.